The lowest BCUT2D eigenvalue weighted by Gasteiger charge is -2.21. The quantitative estimate of drug-likeness (QED) is 0.571. The zero-order chi connectivity index (χ0) is 12.9. The van der Waals surface area contributed by atoms with Gasteiger partial charge in [0.15, 0.2) is 0 Å². The van der Waals surface area contributed by atoms with Crippen LogP contribution in [0.1, 0.15) is 27.7 Å². The van der Waals surface area contributed by atoms with Crippen LogP contribution in [-0.4, -0.2) is 29.8 Å². The van der Waals surface area contributed by atoms with Gasteiger partial charge < -0.3 is 16.4 Å². The highest BCUT2D eigenvalue weighted by Crippen LogP contribution is 2.01. The molecule has 2 unspecified atom stereocenters. The molecule has 92 valence electrons. The Morgan fingerprint density at radius 1 is 1.06 bits per heavy atom. The molecule has 3 amide bonds. The topological polar surface area (TPSA) is 101 Å². The van der Waals surface area contributed by atoms with E-state index in [1.165, 1.54) is 13.8 Å². The van der Waals surface area contributed by atoms with E-state index in [2.05, 4.69) is 10.6 Å². The highest BCUT2D eigenvalue weighted by Gasteiger charge is 2.24. The van der Waals surface area contributed by atoms with Crippen LogP contribution in [0.3, 0.4) is 0 Å². The summed E-state index contributed by atoms with van der Waals surface area (Å²) in [7, 11) is 0. The fourth-order valence-electron chi connectivity index (χ4n) is 1.22. The SMILES string of the molecule is CC(=O)NC(C)C(=O)NC(C(N)=O)C(C)C. The van der Waals surface area contributed by atoms with Gasteiger partial charge in [0.1, 0.15) is 12.1 Å². The van der Waals surface area contributed by atoms with E-state index >= 15 is 0 Å². The molecule has 0 aromatic carbocycles. The fraction of sp³-hybridized carbons (Fsp3) is 0.700. The molecule has 6 nitrogen and oxygen atoms in total. The predicted molar refractivity (Wildman–Crippen MR) is 59.2 cm³/mol. The zero-order valence-corrected chi connectivity index (χ0v) is 10.0. The number of carbonyl (C=O) groups is 3. The van der Waals surface area contributed by atoms with Gasteiger partial charge >= 0.3 is 0 Å². The van der Waals surface area contributed by atoms with Gasteiger partial charge in [0.25, 0.3) is 0 Å². The van der Waals surface area contributed by atoms with Crippen molar-refractivity contribution in [3.63, 3.8) is 0 Å². The zero-order valence-electron chi connectivity index (χ0n) is 10.0. The van der Waals surface area contributed by atoms with Gasteiger partial charge in [-0.3, -0.25) is 14.4 Å². The van der Waals surface area contributed by atoms with Crippen LogP contribution >= 0.6 is 0 Å². The van der Waals surface area contributed by atoms with Crippen LogP contribution in [0.5, 0.6) is 0 Å². The molecule has 0 spiro atoms. The molecule has 0 rings (SSSR count). The van der Waals surface area contributed by atoms with Crippen molar-refractivity contribution in [3.05, 3.63) is 0 Å². The lowest BCUT2D eigenvalue weighted by atomic mass is 10.0. The molecule has 6 heteroatoms. The largest absolute Gasteiger partial charge is 0.368 e. The molecule has 0 aliphatic carbocycles. The lowest BCUT2D eigenvalue weighted by molar-refractivity contribution is -0.131. The third kappa shape index (κ3) is 4.77. The lowest BCUT2D eigenvalue weighted by Crippen LogP contribution is -2.53. The van der Waals surface area contributed by atoms with Crippen molar-refractivity contribution in [2.45, 2.75) is 39.8 Å². The van der Waals surface area contributed by atoms with Gasteiger partial charge in [0.2, 0.25) is 17.7 Å². The molecule has 0 heterocycles. The Balaban J connectivity index is 4.40. The molecule has 0 aliphatic heterocycles. The molecule has 0 saturated heterocycles. The van der Waals surface area contributed by atoms with E-state index in [4.69, 9.17) is 5.73 Å². The molecule has 0 fully saturated rings. The highest BCUT2D eigenvalue weighted by molar-refractivity contribution is 5.91. The van der Waals surface area contributed by atoms with Crippen LogP contribution in [0.2, 0.25) is 0 Å². The third-order valence-electron chi connectivity index (χ3n) is 2.08. The molecular formula is C10H19N3O3. The third-order valence-corrected chi connectivity index (χ3v) is 2.08. The second kappa shape index (κ2) is 6.09. The van der Waals surface area contributed by atoms with Gasteiger partial charge in [0, 0.05) is 6.92 Å². The highest BCUT2D eigenvalue weighted by atomic mass is 16.2. The first-order valence-corrected chi connectivity index (χ1v) is 5.12. The van der Waals surface area contributed by atoms with Gasteiger partial charge in [-0.15, -0.1) is 0 Å². The number of hydrogen-bond donors (Lipinski definition) is 3. The number of primary amides is 1. The predicted octanol–water partition coefficient (Wildman–Crippen LogP) is -0.863. The summed E-state index contributed by atoms with van der Waals surface area (Å²) in [6, 6.07) is -1.40. The average Bonchev–Trinajstić information content (AvgIpc) is 2.11. The summed E-state index contributed by atoms with van der Waals surface area (Å²) >= 11 is 0. The van der Waals surface area contributed by atoms with Crippen molar-refractivity contribution in [1.82, 2.24) is 10.6 Å². The Bertz CT molecular complexity index is 289. The molecule has 2 atom stereocenters. The summed E-state index contributed by atoms with van der Waals surface area (Å²) in [5.74, 6) is -1.40. The van der Waals surface area contributed by atoms with Gasteiger partial charge in [0.05, 0.1) is 0 Å². The molecule has 0 saturated carbocycles. The number of rotatable bonds is 5. The second-order valence-electron chi connectivity index (χ2n) is 4.05. The summed E-state index contributed by atoms with van der Waals surface area (Å²) in [6.07, 6.45) is 0. The fourth-order valence-corrected chi connectivity index (χ4v) is 1.22. The number of amides is 3. The number of carbonyl (C=O) groups excluding carboxylic acids is 3. The molecule has 4 N–H and O–H groups in total. The van der Waals surface area contributed by atoms with Crippen molar-refractivity contribution in [2.75, 3.05) is 0 Å². The molecule has 0 radical (unpaired) electrons. The minimum absolute atomic E-state index is 0.0917. The molecule has 0 bridgehead atoms. The first-order chi connectivity index (χ1) is 7.25. The maximum absolute atomic E-state index is 11.6. The van der Waals surface area contributed by atoms with Crippen LogP contribution in [-0.2, 0) is 14.4 Å². The number of hydrogen-bond acceptors (Lipinski definition) is 3. The van der Waals surface area contributed by atoms with Gasteiger partial charge in [-0.05, 0) is 12.8 Å². The summed E-state index contributed by atoms with van der Waals surface area (Å²) < 4.78 is 0. The van der Waals surface area contributed by atoms with Gasteiger partial charge in [-0.25, -0.2) is 0 Å². The van der Waals surface area contributed by atoms with Crippen LogP contribution in [0, 0.1) is 5.92 Å². The van der Waals surface area contributed by atoms with E-state index in [-0.39, 0.29) is 11.8 Å². The Morgan fingerprint density at radius 2 is 1.56 bits per heavy atom. The van der Waals surface area contributed by atoms with Gasteiger partial charge in [-0.2, -0.15) is 0 Å². The summed E-state index contributed by atoms with van der Waals surface area (Å²) in [5, 5.41) is 4.92. The van der Waals surface area contributed by atoms with Crippen LogP contribution in [0.15, 0.2) is 0 Å². The monoisotopic (exact) mass is 229 g/mol. The van der Waals surface area contributed by atoms with Gasteiger partial charge in [-0.1, -0.05) is 13.8 Å². The second-order valence-corrected chi connectivity index (χ2v) is 4.05. The number of nitrogens with two attached hydrogens (primary N) is 1. The Morgan fingerprint density at radius 3 is 1.88 bits per heavy atom. The molecule has 0 aromatic heterocycles. The van der Waals surface area contributed by atoms with Crippen LogP contribution in [0.4, 0.5) is 0 Å². The first kappa shape index (κ1) is 14.4. The van der Waals surface area contributed by atoms with Crippen LogP contribution < -0.4 is 16.4 Å². The van der Waals surface area contributed by atoms with Crippen molar-refractivity contribution in [3.8, 4) is 0 Å². The standard InChI is InChI=1S/C10H19N3O3/c1-5(2)8(9(11)15)13-10(16)6(3)12-7(4)14/h5-6,8H,1-4H3,(H2,11,15)(H,12,14)(H,13,16). The summed E-state index contributed by atoms with van der Waals surface area (Å²) in [6.45, 7) is 6.41. The first-order valence-electron chi connectivity index (χ1n) is 5.12. The normalized spacial score (nSPS) is 14.1. The van der Waals surface area contributed by atoms with Crippen molar-refractivity contribution in [1.29, 1.82) is 0 Å². The smallest absolute Gasteiger partial charge is 0.242 e. The van der Waals surface area contributed by atoms with E-state index in [1.54, 1.807) is 13.8 Å². The van der Waals surface area contributed by atoms with Crippen molar-refractivity contribution < 1.29 is 14.4 Å². The summed E-state index contributed by atoms with van der Waals surface area (Å²) in [4.78, 5) is 33.3. The van der Waals surface area contributed by atoms with E-state index in [9.17, 15) is 14.4 Å². The van der Waals surface area contributed by atoms with E-state index in [1.807, 2.05) is 0 Å². The average molecular weight is 229 g/mol. The minimum atomic E-state index is -0.719. The Hall–Kier alpha value is -1.59. The molecule has 16 heavy (non-hydrogen) atoms. The van der Waals surface area contributed by atoms with E-state index < -0.39 is 23.9 Å². The molecule has 0 aromatic rings. The van der Waals surface area contributed by atoms with Crippen LogP contribution in [0.25, 0.3) is 0 Å². The maximum atomic E-state index is 11.6. The molecular weight excluding hydrogens is 210 g/mol. The summed E-state index contributed by atoms with van der Waals surface area (Å²) in [5.41, 5.74) is 5.15. The van der Waals surface area contributed by atoms with E-state index in [0.29, 0.717) is 0 Å². The Labute approximate surface area is 94.9 Å². The van der Waals surface area contributed by atoms with Crippen molar-refractivity contribution in [2.24, 2.45) is 11.7 Å². The maximum Gasteiger partial charge on any atom is 0.242 e. The molecule has 0 aliphatic rings. The van der Waals surface area contributed by atoms with E-state index in [0.717, 1.165) is 0 Å². The Kier molecular flexibility index (Phi) is 5.49. The number of nitrogens with one attached hydrogen (secondary N) is 2. The minimum Gasteiger partial charge on any atom is -0.368 e. The van der Waals surface area contributed by atoms with Crippen molar-refractivity contribution >= 4 is 17.7 Å².